The first-order valence-electron chi connectivity index (χ1n) is 5.35. The Labute approximate surface area is 98.7 Å². The topological polar surface area (TPSA) is 42.4 Å². The van der Waals surface area contributed by atoms with Crippen LogP contribution in [0.3, 0.4) is 0 Å². The van der Waals surface area contributed by atoms with Crippen LogP contribution < -0.4 is 5.73 Å². The van der Waals surface area contributed by atoms with Crippen molar-refractivity contribution in [1.82, 2.24) is 4.90 Å². The molecule has 0 saturated carbocycles. The summed E-state index contributed by atoms with van der Waals surface area (Å²) in [5.74, 6) is 1.69. The molecule has 1 fully saturated rings. The van der Waals surface area contributed by atoms with Gasteiger partial charge in [0.25, 0.3) is 0 Å². The quantitative estimate of drug-likeness (QED) is 0.898. The van der Waals surface area contributed by atoms with E-state index in [1.54, 1.807) is 0 Å². The highest BCUT2D eigenvalue weighted by Gasteiger charge is 2.22. The van der Waals surface area contributed by atoms with Crippen LogP contribution in [0, 0.1) is 5.92 Å². The highest BCUT2D eigenvalue weighted by atomic mass is 79.9. The number of piperidine rings is 1. The van der Waals surface area contributed by atoms with E-state index in [2.05, 4.69) is 27.8 Å². The third-order valence-corrected chi connectivity index (χ3v) is 3.20. The second-order valence-corrected chi connectivity index (χ2v) is 5.28. The maximum absolute atomic E-state index is 5.99. The molecule has 15 heavy (non-hydrogen) atoms. The fourth-order valence-electron chi connectivity index (χ4n) is 2.30. The summed E-state index contributed by atoms with van der Waals surface area (Å²) >= 11 is 3.31. The molecule has 3 nitrogen and oxygen atoms in total. The molecule has 1 saturated heterocycles. The normalized spacial score (nSPS) is 28.2. The SMILES string of the molecule is CC1CC(N)CN(Cc2ccc(Br)o2)C1. The zero-order valence-electron chi connectivity index (χ0n) is 8.95. The summed E-state index contributed by atoms with van der Waals surface area (Å²) in [6.07, 6.45) is 1.14. The van der Waals surface area contributed by atoms with E-state index in [1.807, 2.05) is 12.1 Å². The highest BCUT2D eigenvalue weighted by Crippen LogP contribution is 2.20. The minimum atomic E-state index is 0.312. The second kappa shape index (κ2) is 4.68. The maximum atomic E-state index is 5.99. The predicted octanol–water partition coefficient (Wildman–Crippen LogP) is 2.21. The van der Waals surface area contributed by atoms with Gasteiger partial charge >= 0.3 is 0 Å². The Morgan fingerprint density at radius 1 is 1.53 bits per heavy atom. The molecule has 0 radical (unpaired) electrons. The molecule has 2 unspecified atom stereocenters. The van der Waals surface area contributed by atoms with Crippen molar-refractivity contribution in [3.05, 3.63) is 22.6 Å². The minimum absolute atomic E-state index is 0.312. The number of halogens is 1. The van der Waals surface area contributed by atoms with Crippen LogP contribution in [0.2, 0.25) is 0 Å². The van der Waals surface area contributed by atoms with Crippen molar-refractivity contribution < 1.29 is 4.42 Å². The van der Waals surface area contributed by atoms with Crippen LogP contribution in [0.15, 0.2) is 21.2 Å². The standard InChI is InChI=1S/C11H17BrN2O/c1-8-4-9(13)6-14(5-8)7-10-2-3-11(12)15-10/h2-3,8-9H,4-7,13H2,1H3. The van der Waals surface area contributed by atoms with Crippen LogP contribution in [-0.2, 0) is 6.54 Å². The summed E-state index contributed by atoms with van der Waals surface area (Å²) in [6.45, 7) is 5.21. The van der Waals surface area contributed by atoms with E-state index in [0.29, 0.717) is 12.0 Å². The average molecular weight is 273 g/mol. The molecule has 1 aromatic heterocycles. The van der Waals surface area contributed by atoms with Gasteiger partial charge in [0.1, 0.15) is 5.76 Å². The van der Waals surface area contributed by atoms with Gasteiger partial charge in [0, 0.05) is 19.1 Å². The van der Waals surface area contributed by atoms with Crippen molar-refractivity contribution >= 4 is 15.9 Å². The first-order valence-corrected chi connectivity index (χ1v) is 6.15. The highest BCUT2D eigenvalue weighted by molar-refractivity contribution is 9.10. The van der Waals surface area contributed by atoms with Crippen LogP contribution in [0.4, 0.5) is 0 Å². The second-order valence-electron chi connectivity index (χ2n) is 4.50. The third-order valence-electron chi connectivity index (χ3n) is 2.78. The van der Waals surface area contributed by atoms with E-state index in [0.717, 1.165) is 36.5 Å². The first kappa shape index (κ1) is 11.2. The summed E-state index contributed by atoms with van der Waals surface area (Å²) in [5.41, 5.74) is 5.99. The molecule has 0 amide bonds. The van der Waals surface area contributed by atoms with Crippen LogP contribution in [-0.4, -0.2) is 24.0 Å². The number of furan rings is 1. The smallest absolute Gasteiger partial charge is 0.169 e. The molecule has 1 aliphatic rings. The van der Waals surface area contributed by atoms with E-state index in [9.17, 15) is 0 Å². The molecule has 2 atom stereocenters. The van der Waals surface area contributed by atoms with Crippen molar-refractivity contribution in [2.75, 3.05) is 13.1 Å². The molecule has 4 heteroatoms. The lowest BCUT2D eigenvalue weighted by atomic mass is 9.96. The van der Waals surface area contributed by atoms with Crippen molar-refractivity contribution in [2.45, 2.75) is 25.9 Å². The Hall–Kier alpha value is -0.320. The number of hydrogen-bond donors (Lipinski definition) is 1. The molecule has 2 heterocycles. The lowest BCUT2D eigenvalue weighted by Gasteiger charge is -2.34. The van der Waals surface area contributed by atoms with E-state index in [-0.39, 0.29) is 0 Å². The molecule has 0 spiro atoms. The van der Waals surface area contributed by atoms with Gasteiger partial charge in [-0.1, -0.05) is 6.92 Å². The summed E-state index contributed by atoms with van der Waals surface area (Å²) in [5, 5.41) is 0. The number of nitrogens with zero attached hydrogens (tertiary/aromatic N) is 1. The largest absolute Gasteiger partial charge is 0.453 e. The van der Waals surface area contributed by atoms with Crippen molar-refractivity contribution in [3.63, 3.8) is 0 Å². The van der Waals surface area contributed by atoms with Gasteiger partial charge in [0.15, 0.2) is 4.67 Å². The van der Waals surface area contributed by atoms with E-state index >= 15 is 0 Å². The van der Waals surface area contributed by atoms with Gasteiger partial charge in [-0.25, -0.2) is 0 Å². The summed E-state index contributed by atoms with van der Waals surface area (Å²) < 4.78 is 6.29. The van der Waals surface area contributed by atoms with Crippen LogP contribution >= 0.6 is 15.9 Å². The zero-order valence-corrected chi connectivity index (χ0v) is 10.5. The average Bonchev–Trinajstić information content (AvgIpc) is 2.49. The third kappa shape index (κ3) is 3.06. The molecule has 0 bridgehead atoms. The number of hydrogen-bond acceptors (Lipinski definition) is 3. The summed E-state index contributed by atoms with van der Waals surface area (Å²) in [4.78, 5) is 2.37. The molecule has 84 valence electrons. The van der Waals surface area contributed by atoms with Gasteiger partial charge in [0.05, 0.1) is 6.54 Å². The van der Waals surface area contributed by atoms with Gasteiger partial charge in [-0.15, -0.1) is 0 Å². The van der Waals surface area contributed by atoms with Crippen LogP contribution in [0.5, 0.6) is 0 Å². The van der Waals surface area contributed by atoms with E-state index in [1.165, 1.54) is 0 Å². The fraction of sp³-hybridized carbons (Fsp3) is 0.636. The molecule has 2 rings (SSSR count). The van der Waals surface area contributed by atoms with Crippen LogP contribution in [0.25, 0.3) is 0 Å². The number of rotatable bonds is 2. The Morgan fingerprint density at radius 3 is 2.93 bits per heavy atom. The Kier molecular flexibility index (Phi) is 3.49. The van der Waals surface area contributed by atoms with Gasteiger partial charge in [-0.05, 0) is 40.4 Å². The predicted molar refractivity (Wildman–Crippen MR) is 63.4 cm³/mol. The van der Waals surface area contributed by atoms with E-state index < -0.39 is 0 Å². The Morgan fingerprint density at radius 2 is 2.33 bits per heavy atom. The van der Waals surface area contributed by atoms with Gasteiger partial charge in [-0.2, -0.15) is 0 Å². The van der Waals surface area contributed by atoms with Crippen molar-refractivity contribution in [2.24, 2.45) is 11.7 Å². The summed E-state index contributed by atoms with van der Waals surface area (Å²) in [7, 11) is 0. The molecule has 2 N–H and O–H groups in total. The molecule has 1 aliphatic heterocycles. The van der Waals surface area contributed by atoms with Crippen LogP contribution in [0.1, 0.15) is 19.1 Å². The Bertz CT molecular complexity index is 316. The van der Waals surface area contributed by atoms with Gasteiger partial charge in [-0.3, -0.25) is 4.90 Å². The zero-order chi connectivity index (χ0) is 10.8. The van der Waals surface area contributed by atoms with Gasteiger partial charge in [0.2, 0.25) is 0 Å². The molecule has 1 aromatic rings. The summed E-state index contributed by atoms with van der Waals surface area (Å²) in [6, 6.07) is 4.25. The number of nitrogens with two attached hydrogens (primary N) is 1. The maximum Gasteiger partial charge on any atom is 0.169 e. The van der Waals surface area contributed by atoms with Crippen molar-refractivity contribution in [3.8, 4) is 0 Å². The lowest BCUT2D eigenvalue weighted by molar-refractivity contribution is 0.148. The lowest BCUT2D eigenvalue weighted by Crippen LogP contribution is -2.45. The fourth-order valence-corrected chi connectivity index (χ4v) is 2.64. The Balaban J connectivity index is 1.94. The first-order chi connectivity index (χ1) is 7.13. The van der Waals surface area contributed by atoms with Gasteiger partial charge < -0.3 is 10.2 Å². The number of likely N-dealkylation sites (tertiary alicyclic amines) is 1. The van der Waals surface area contributed by atoms with E-state index in [4.69, 9.17) is 10.2 Å². The molecule has 0 aromatic carbocycles. The monoisotopic (exact) mass is 272 g/mol. The minimum Gasteiger partial charge on any atom is -0.453 e. The molecular weight excluding hydrogens is 256 g/mol. The molecular formula is C11H17BrN2O. The molecule has 0 aliphatic carbocycles. The van der Waals surface area contributed by atoms with Crippen molar-refractivity contribution in [1.29, 1.82) is 0 Å².